The Morgan fingerprint density at radius 2 is 1.71 bits per heavy atom. The highest BCUT2D eigenvalue weighted by molar-refractivity contribution is 4.90. The molecule has 80 valence electrons. The quantitative estimate of drug-likeness (QED) is 0.510. The highest BCUT2D eigenvalue weighted by Gasteiger charge is 2.45. The van der Waals surface area contributed by atoms with Gasteiger partial charge in [0.2, 0.25) is 0 Å². The van der Waals surface area contributed by atoms with Crippen LogP contribution in [0.25, 0.3) is 0 Å². The molecule has 2 aliphatic carbocycles. The van der Waals surface area contributed by atoms with E-state index in [0.29, 0.717) is 0 Å². The number of hydrogen-bond acceptors (Lipinski definition) is 0. The smallest absolute Gasteiger partial charge is 0.127 e. The molecule has 2 nitrogen and oxygen atoms in total. The maximum Gasteiger partial charge on any atom is 0.127 e. The van der Waals surface area contributed by atoms with Gasteiger partial charge < -0.3 is 9.80 Å². The van der Waals surface area contributed by atoms with Crippen molar-refractivity contribution in [1.82, 2.24) is 0 Å². The van der Waals surface area contributed by atoms with Gasteiger partial charge in [-0.1, -0.05) is 0 Å². The van der Waals surface area contributed by atoms with E-state index < -0.39 is 0 Å². The van der Waals surface area contributed by atoms with Crippen LogP contribution in [0.1, 0.15) is 25.7 Å². The fourth-order valence-electron chi connectivity index (χ4n) is 4.11. The van der Waals surface area contributed by atoms with Crippen molar-refractivity contribution in [3.63, 3.8) is 0 Å². The van der Waals surface area contributed by atoms with Crippen LogP contribution in [0.4, 0.5) is 0 Å². The van der Waals surface area contributed by atoms with Crippen LogP contribution >= 0.6 is 0 Å². The Hall–Kier alpha value is -0.0800. The van der Waals surface area contributed by atoms with Gasteiger partial charge in [0.15, 0.2) is 0 Å². The Bertz CT molecular complexity index is 208. The first-order chi connectivity index (χ1) is 6.83. The van der Waals surface area contributed by atoms with Crippen LogP contribution in [0, 0.1) is 11.8 Å². The minimum absolute atomic E-state index is 1.07. The number of rotatable bonds is 1. The van der Waals surface area contributed by atoms with Crippen molar-refractivity contribution in [2.75, 3.05) is 33.2 Å². The Balaban J connectivity index is 1.61. The van der Waals surface area contributed by atoms with E-state index in [9.17, 15) is 0 Å². The number of quaternary nitrogens is 2. The van der Waals surface area contributed by atoms with Crippen LogP contribution in [-0.2, 0) is 0 Å². The largest absolute Gasteiger partial charge is 0.328 e. The molecular weight excluding hydrogens is 172 g/mol. The van der Waals surface area contributed by atoms with E-state index in [-0.39, 0.29) is 0 Å². The van der Waals surface area contributed by atoms with E-state index in [1.165, 1.54) is 26.2 Å². The second-order valence-corrected chi connectivity index (χ2v) is 5.90. The first-order valence-electron chi connectivity index (χ1n) is 6.49. The molecule has 0 spiro atoms. The molecule has 1 saturated heterocycles. The van der Waals surface area contributed by atoms with E-state index in [2.05, 4.69) is 7.05 Å². The highest BCUT2D eigenvalue weighted by atomic mass is 15.3. The summed E-state index contributed by atoms with van der Waals surface area (Å²) in [6.45, 7) is 5.70. The van der Waals surface area contributed by atoms with Crippen molar-refractivity contribution >= 4 is 0 Å². The summed E-state index contributed by atoms with van der Waals surface area (Å²) in [5.74, 6) is 2.25. The summed E-state index contributed by atoms with van der Waals surface area (Å²) in [5, 5.41) is 0. The average molecular weight is 196 g/mol. The molecule has 2 heteroatoms. The van der Waals surface area contributed by atoms with Crippen LogP contribution < -0.4 is 9.80 Å². The third-order valence-corrected chi connectivity index (χ3v) is 5.01. The van der Waals surface area contributed by atoms with Gasteiger partial charge in [-0.15, -0.1) is 0 Å². The van der Waals surface area contributed by atoms with Crippen LogP contribution in [0.15, 0.2) is 0 Å². The van der Waals surface area contributed by atoms with Gasteiger partial charge >= 0.3 is 0 Å². The molecule has 0 radical (unpaired) electrons. The van der Waals surface area contributed by atoms with Crippen LogP contribution in [0.3, 0.4) is 0 Å². The van der Waals surface area contributed by atoms with Crippen LogP contribution in [0.2, 0.25) is 0 Å². The molecule has 2 saturated carbocycles. The van der Waals surface area contributed by atoms with Crippen molar-refractivity contribution in [3.8, 4) is 0 Å². The van der Waals surface area contributed by atoms with E-state index in [4.69, 9.17) is 0 Å². The molecule has 3 atom stereocenters. The van der Waals surface area contributed by atoms with E-state index in [1.807, 2.05) is 4.90 Å². The summed E-state index contributed by atoms with van der Waals surface area (Å²) in [4.78, 5) is 3.71. The molecule has 0 amide bonds. The lowest BCUT2D eigenvalue weighted by Gasteiger charge is -2.35. The van der Waals surface area contributed by atoms with Gasteiger partial charge in [0, 0.05) is 12.3 Å². The predicted molar refractivity (Wildman–Crippen MR) is 56.6 cm³/mol. The zero-order chi connectivity index (χ0) is 9.54. The van der Waals surface area contributed by atoms with Gasteiger partial charge in [-0.05, 0) is 25.2 Å². The van der Waals surface area contributed by atoms with E-state index >= 15 is 0 Å². The zero-order valence-electron chi connectivity index (χ0n) is 9.39. The second-order valence-electron chi connectivity index (χ2n) is 5.90. The van der Waals surface area contributed by atoms with Crippen molar-refractivity contribution in [3.05, 3.63) is 0 Å². The third kappa shape index (κ3) is 1.49. The summed E-state index contributed by atoms with van der Waals surface area (Å²) in [6.07, 6.45) is 6.26. The molecule has 0 unspecified atom stereocenters. The fraction of sp³-hybridized carbons (Fsp3) is 1.00. The minimum Gasteiger partial charge on any atom is -0.328 e. The molecular formula is C12H24N2+2. The fourth-order valence-corrected chi connectivity index (χ4v) is 4.11. The van der Waals surface area contributed by atoms with Gasteiger partial charge in [-0.2, -0.15) is 0 Å². The number of fused-ring (bicyclic) bond motifs is 2. The summed E-state index contributed by atoms with van der Waals surface area (Å²) in [5.41, 5.74) is 0. The molecule has 0 aromatic rings. The molecule has 3 fully saturated rings. The van der Waals surface area contributed by atoms with Crippen molar-refractivity contribution < 1.29 is 9.80 Å². The summed E-state index contributed by atoms with van der Waals surface area (Å²) >= 11 is 0. The van der Waals surface area contributed by atoms with Crippen molar-refractivity contribution in [2.24, 2.45) is 11.8 Å². The normalized spacial score (nSPS) is 52.5. The van der Waals surface area contributed by atoms with Gasteiger partial charge in [0.25, 0.3) is 0 Å². The summed E-state index contributed by atoms with van der Waals surface area (Å²) < 4.78 is 0. The van der Waals surface area contributed by atoms with Crippen LogP contribution in [-0.4, -0.2) is 39.3 Å². The molecule has 2 bridgehead atoms. The van der Waals surface area contributed by atoms with Crippen molar-refractivity contribution in [1.29, 1.82) is 0 Å². The predicted octanol–water partition coefficient (Wildman–Crippen LogP) is -1.41. The van der Waals surface area contributed by atoms with Gasteiger partial charge in [0.05, 0.1) is 13.1 Å². The van der Waals surface area contributed by atoms with E-state index in [0.717, 1.165) is 17.9 Å². The first-order valence-corrected chi connectivity index (χ1v) is 6.49. The number of hydrogen-bond donors (Lipinski definition) is 2. The zero-order valence-corrected chi connectivity index (χ0v) is 9.39. The average Bonchev–Trinajstić information content (AvgIpc) is 2.80. The van der Waals surface area contributed by atoms with Crippen LogP contribution in [0.5, 0.6) is 0 Å². The SMILES string of the molecule is C[NH+]1CC[NH+]([C@@H]2C[C@H]3CC[C@H]2C3)CC1. The Labute approximate surface area is 87.3 Å². The van der Waals surface area contributed by atoms with Gasteiger partial charge in [-0.3, -0.25) is 0 Å². The summed E-state index contributed by atoms with van der Waals surface area (Å²) in [6, 6.07) is 1.07. The van der Waals surface area contributed by atoms with Gasteiger partial charge in [0.1, 0.15) is 26.2 Å². The molecule has 0 aromatic carbocycles. The lowest BCUT2D eigenvalue weighted by molar-refractivity contribution is -1.02. The third-order valence-electron chi connectivity index (χ3n) is 5.01. The monoisotopic (exact) mass is 196 g/mol. The molecule has 3 aliphatic rings. The molecule has 2 N–H and O–H groups in total. The molecule has 0 aromatic heterocycles. The first kappa shape index (κ1) is 9.17. The topological polar surface area (TPSA) is 8.88 Å². The maximum absolute atomic E-state index is 2.34. The molecule has 14 heavy (non-hydrogen) atoms. The minimum atomic E-state index is 1.07. The lowest BCUT2D eigenvalue weighted by Crippen LogP contribution is -3.28. The molecule has 1 heterocycles. The molecule has 1 aliphatic heterocycles. The number of piperazine rings is 1. The maximum atomic E-state index is 2.34. The highest BCUT2D eigenvalue weighted by Crippen LogP contribution is 2.43. The standard InChI is InChI=1S/C12H22N2/c1-13-4-6-14(7-5-13)12-9-10-2-3-11(12)8-10/h10-12H,2-9H2,1H3/p+2/t10-,11-,12+/m0/s1. The number of nitrogens with one attached hydrogen (secondary N) is 2. The number of likely N-dealkylation sites (N-methyl/N-ethyl adjacent to an activating group) is 1. The van der Waals surface area contributed by atoms with Crippen molar-refractivity contribution in [2.45, 2.75) is 31.7 Å². The lowest BCUT2D eigenvalue weighted by atomic mass is 9.93. The van der Waals surface area contributed by atoms with Gasteiger partial charge in [-0.25, -0.2) is 0 Å². The van der Waals surface area contributed by atoms with E-state index in [1.54, 1.807) is 30.6 Å². The Kier molecular flexibility index (Phi) is 2.29. The summed E-state index contributed by atoms with van der Waals surface area (Å²) in [7, 11) is 2.34. The molecule has 3 rings (SSSR count). The Morgan fingerprint density at radius 1 is 0.929 bits per heavy atom. The second kappa shape index (κ2) is 3.49. The Morgan fingerprint density at radius 3 is 2.29 bits per heavy atom.